The van der Waals surface area contributed by atoms with Crippen molar-refractivity contribution in [3.63, 3.8) is 0 Å². The Morgan fingerprint density at radius 1 is 1.07 bits per heavy atom. The number of carbonyl (C=O) groups is 1. The van der Waals surface area contributed by atoms with Crippen LogP contribution in [0, 0.1) is 16.7 Å². The quantitative estimate of drug-likeness (QED) is 0.185. The first-order chi connectivity index (χ1) is 21.5. The summed E-state index contributed by atoms with van der Waals surface area (Å²) in [5.41, 5.74) is 1.19. The van der Waals surface area contributed by atoms with E-state index in [1.54, 1.807) is 24.3 Å². The average Bonchev–Trinajstić information content (AvgIpc) is 3.48. The molecule has 0 aromatic heterocycles. The summed E-state index contributed by atoms with van der Waals surface area (Å²) in [6.07, 6.45) is -1.15. The van der Waals surface area contributed by atoms with Crippen LogP contribution < -0.4 is 19.5 Å². The zero-order valence-corrected chi connectivity index (χ0v) is 26.2. The molecular weight excluding hydrogens is 598 g/mol. The summed E-state index contributed by atoms with van der Waals surface area (Å²) in [5.74, 6) is 1.36. The molecule has 0 unspecified atom stereocenters. The van der Waals surface area contributed by atoms with Crippen LogP contribution in [0.2, 0.25) is 0 Å². The third-order valence-electron chi connectivity index (χ3n) is 7.52. The summed E-state index contributed by atoms with van der Waals surface area (Å²) in [6.45, 7) is 3.82. The van der Waals surface area contributed by atoms with E-state index in [1.807, 2.05) is 44.2 Å². The molecule has 0 radical (unpaired) electrons. The number of hydrogen-bond donors (Lipinski definition) is 3. The van der Waals surface area contributed by atoms with Crippen molar-refractivity contribution < 1.29 is 37.6 Å². The lowest BCUT2D eigenvalue weighted by Crippen LogP contribution is -2.51. The highest BCUT2D eigenvalue weighted by molar-refractivity contribution is 7.89. The molecule has 0 saturated carbocycles. The number of fused-ring (bicyclic) bond motifs is 1. The van der Waals surface area contributed by atoms with Gasteiger partial charge in [-0.1, -0.05) is 56.3 Å². The second-order valence-electron chi connectivity index (χ2n) is 11.7. The highest BCUT2D eigenvalue weighted by Gasteiger charge is 2.35. The monoisotopic (exact) mass is 637 g/mol. The summed E-state index contributed by atoms with van der Waals surface area (Å²) in [4.78, 5) is 11.7. The Hall–Kier alpha value is -4.31. The van der Waals surface area contributed by atoms with Gasteiger partial charge in [-0.2, -0.15) is 9.57 Å². The van der Waals surface area contributed by atoms with E-state index in [0.29, 0.717) is 43.1 Å². The number of carboxylic acid groups (broad SMARTS) is 1. The Labute approximate surface area is 264 Å². The van der Waals surface area contributed by atoms with Crippen LogP contribution in [0.4, 0.5) is 4.79 Å². The van der Waals surface area contributed by atoms with Crippen molar-refractivity contribution in [2.75, 3.05) is 19.9 Å². The summed E-state index contributed by atoms with van der Waals surface area (Å²) in [6, 6.07) is 22.2. The van der Waals surface area contributed by atoms with Crippen LogP contribution in [-0.4, -0.2) is 61.1 Å². The number of sulfonamides is 1. The molecule has 1 aliphatic heterocycles. The molecule has 0 spiro atoms. The fourth-order valence-electron chi connectivity index (χ4n) is 5.13. The fraction of sp³-hybridized carbons (Fsp3) is 0.394. The Morgan fingerprint density at radius 3 is 2.47 bits per heavy atom. The van der Waals surface area contributed by atoms with E-state index < -0.39 is 33.7 Å². The number of aliphatic hydroxyl groups is 1. The molecule has 12 heteroatoms. The molecule has 1 heterocycles. The standard InChI is InChI=1S/C33H39N3O8S/c1-33(2,16-6-7-17-34)22-36(45(40,41)27-14-15-30-31(19-27)44-23-43-30)20-29(37)28(35-32(38)39)18-24-10-12-26(13-11-24)42-21-25-8-4-3-5-9-25/h3-5,8-15,19,28-29,35,37H,6-7,16,18,20-23H2,1-2H3,(H,38,39)/t28-,29-/m0/s1. The van der Waals surface area contributed by atoms with Gasteiger partial charge in [0.2, 0.25) is 16.8 Å². The second kappa shape index (κ2) is 15.1. The van der Waals surface area contributed by atoms with Crippen molar-refractivity contribution in [2.45, 2.75) is 63.2 Å². The van der Waals surface area contributed by atoms with E-state index in [4.69, 9.17) is 19.5 Å². The number of benzene rings is 3. The predicted molar refractivity (Wildman–Crippen MR) is 166 cm³/mol. The third-order valence-corrected chi connectivity index (χ3v) is 9.33. The van der Waals surface area contributed by atoms with Crippen LogP contribution in [-0.2, 0) is 23.1 Å². The number of unbranched alkanes of at least 4 members (excludes halogenated alkanes) is 1. The van der Waals surface area contributed by atoms with Crippen molar-refractivity contribution in [1.29, 1.82) is 5.26 Å². The number of aliphatic hydroxyl groups excluding tert-OH is 1. The Kier molecular flexibility index (Phi) is 11.3. The lowest BCUT2D eigenvalue weighted by atomic mass is 9.87. The summed E-state index contributed by atoms with van der Waals surface area (Å²) in [7, 11) is -4.17. The molecule has 3 N–H and O–H groups in total. The van der Waals surface area contributed by atoms with E-state index in [9.17, 15) is 23.4 Å². The van der Waals surface area contributed by atoms with Crippen molar-refractivity contribution in [2.24, 2.45) is 5.41 Å². The maximum atomic E-state index is 14.0. The number of nitriles is 1. The van der Waals surface area contributed by atoms with Crippen LogP contribution in [0.5, 0.6) is 17.2 Å². The van der Waals surface area contributed by atoms with Gasteiger partial charge in [0, 0.05) is 25.6 Å². The van der Waals surface area contributed by atoms with Gasteiger partial charge in [0.25, 0.3) is 0 Å². The van der Waals surface area contributed by atoms with E-state index >= 15 is 0 Å². The molecule has 1 aliphatic rings. The summed E-state index contributed by atoms with van der Waals surface area (Å²) in [5, 5.41) is 32.3. The van der Waals surface area contributed by atoms with Gasteiger partial charge in [-0.15, -0.1) is 0 Å². The Morgan fingerprint density at radius 2 is 1.78 bits per heavy atom. The van der Waals surface area contributed by atoms with E-state index in [0.717, 1.165) is 11.1 Å². The first-order valence-electron chi connectivity index (χ1n) is 14.7. The Bertz CT molecular complexity index is 1570. The summed E-state index contributed by atoms with van der Waals surface area (Å²) >= 11 is 0. The van der Waals surface area contributed by atoms with Gasteiger partial charge in [0.15, 0.2) is 11.5 Å². The molecule has 3 aromatic rings. The van der Waals surface area contributed by atoms with Crippen molar-refractivity contribution >= 4 is 16.1 Å². The molecule has 3 aromatic carbocycles. The maximum absolute atomic E-state index is 14.0. The molecule has 2 atom stereocenters. The number of nitrogens with zero attached hydrogens (tertiary/aromatic N) is 2. The van der Waals surface area contributed by atoms with Crippen LogP contribution in [0.3, 0.4) is 0 Å². The van der Waals surface area contributed by atoms with Crippen LogP contribution in [0.1, 0.15) is 44.2 Å². The van der Waals surface area contributed by atoms with Gasteiger partial charge in [0.05, 0.1) is 23.1 Å². The maximum Gasteiger partial charge on any atom is 0.404 e. The van der Waals surface area contributed by atoms with Gasteiger partial charge < -0.3 is 29.7 Å². The van der Waals surface area contributed by atoms with Gasteiger partial charge in [-0.25, -0.2) is 13.2 Å². The topological polar surface area (TPSA) is 158 Å². The van der Waals surface area contributed by atoms with Crippen molar-refractivity contribution in [1.82, 2.24) is 9.62 Å². The van der Waals surface area contributed by atoms with Gasteiger partial charge in [-0.05, 0) is 60.1 Å². The molecule has 11 nitrogen and oxygen atoms in total. The molecule has 240 valence electrons. The minimum Gasteiger partial charge on any atom is -0.489 e. The third kappa shape index (κ3) is 9.59. The number of hydrogen-bond acceptors (Lipinski definition) is 8. The van der Waals surface area contributed by atoms with Crippen molar-refractivity contribution in [3.8, 4) is 23.3 Å². The number of ether oxygens (including phenoxy) is 3. The minimum absolute atomic E-state index is 0.0180. The minimum atomic E-state index is -4.17. The molecule has 0 bridgehead atoms. The highest BCUT2D eigenvalue weighted by atomic mass is 32.2. The highest BCUT2D eigenvalue weighted by Crippen LogP contribution is 2.36. The number of nitrogens with one attached hydrogen (secondary N) is 1. The molecular formula is C33H39N3O8S. The van der Waals surface area contributed by atoms with E-state index in [-0.39, 0.29) is 31.2 Å². The van der Waals surface area contributed by atoms with Gasteiger partial charge in [0.1, 0.15) is 12.4 Å². The first kappa shape index (κ1) is 33.6. The average molecular weight is 638 g/mol. The molecule has 0 aliphatic carbocycles. The van der Waals surface area contributed by atoms with Gasteiger partial charge in [-0.3, -0.25) is 0 Å². The van der Waals surface area contributed by atoms with E-state index in [1.165, 1.54) is 22.5 Å². The molecule has 45 heavy (non-hydrogen) atoms. The smallest absolute Gasteiger partial charge is 0.404 e. The largest absolute Gasteiger partial charge is 0.489 e. The van der Waals surface area contributed by atoms with Crippen LogP contribution in [0.25, 0.3) is 0 Å². The SMILES string of the molecule is CC(C)(CCCC#N)CN(C[C@H](O)[C@H](Cc1ccc(OCc2ccccc2)cc1)NC(=O)O)S(=O)(=O)c1ccc2c(c1)OCO2. The van der Waals surface area contributed by atoms with Crippen molar-refractivity contribution in [3.05, 3.63) is 83.9 Å². The van der Waals surface area contributed by atoms with Crippen LogP contribution >= 0.6 is 0 Å². The molecule has 0 fully saturated rings. The fourth-order valence-corrected chi connectivity index (χ4v) is 6.79. The van der Waals surface area contributed by atoms with Crippen LogP contribution in [0.15, 0.2) is 77.7 Å². The number of amides is 1. The molecule has 0 saturated heterocycles. The lowest BCUT2D eigenvalue weighted by Gasteiger charge is -2.35. The Balaban J connectivity index is 1.52. The zero-order valence-electron chi connectivity index (χ0n) is 25.4. The van der Waals surface area contributed by atoms with E-state index in [2.05, 4.69) is 11.4 Å². The zero-order chi connectivity index (χ0) is 32.5. The first-order valence-corrected chi connectivity index (χ1v) is 16.1. The predicted octanol–water partition coefficient (Wildman–Crippen LogP) is 4.94. The summed E-state index contributed by atoms with van der Waals surface area (Å²) < 4.78 is 45.7. The second-order valence-corrected chi connectivity index (χ2v) is 13.7. The lowest BCUT2D eigenvalue weighted by molar-refractivity contribution is 0.0904. The van der Waals surface area contributed by atoms with Gasteiger partial charge >= 0.3 is 6.09 Å². The number of rotatable bonds is 16. The molecule has 1 amide bonds. The normalized spacial score (nSPS) is 14.0. The molecule has 4 rings (SSSR count).